The fraction of sp³-hybridized carbons (Fsp3) is 0.250. The molecule has 0 fully saturated rings. The molecule has 0 saturated carbocycles. The predicted octanol–water partition coefficient (Wildman–Crippen LogP) is 6.13. The topological polar surface area (TPSA) is 12.0 Å². The van der Waals surface area contributed by atoms with Crippen LogP contribution in [-0.2, 0) is 13.0 Å². The molecule has 0 aromatic heterocycles. The van der Waals surface area contributed by atoms with Gasteiger partial charge in [-0.05, 0) is 36.6 Å². The van der Waals surface area contributed by atoms with E-state index in [0.29, 0.717) is 21.6 Å². The Morgan fingerprint density at radius 3 is 2.40 bits per heavy atom. The van der Waals surface area contributed by atoms with Crippen molar-refractivity contribution in [3.05, 3.63) is 62.1 Å². The first-order chi connectivity index (χ1) is 9.54. The third-order valence-corrected chi connectivity index (χ3v) is 4.52. The molecule has 4 heteroatoms. The summed E-state index contributed by atoms with van der Waals surface area (Å²) in [6.45, 7) is 4.78. The molecular formula is C16H16Cl3N. The summed E-state index contributed by atoms with van der Waals surface area (Å²) < 4.78 is 0. The summed E-state index contributed by atoms with van der Waals surface area (Å²) in [6.07, 6.45) is 0.973. The highest BCUT2D eigenvalue weighted by Crippen LogP contribution is 2.32. The van der Waals surface area contributed by atoms with Gasteiger partial charge in [-0.2, -0.15) is 0 Å². The minimum absolute atomic E-state index is 0.512. The van der Waals surface area contributed by atoms with E-state index >= 15 is 0 Å². The molecule has 0 spiro atoms. The van der Waals surface area contributed by atoms with Crippen molar-refractivity contribution in [3.63, 3.8) is 0 Å². The zero-order valence-electron chi connectivity index (χ0n) is 11.4. The molecule has 0 aliphatic carbocycles. The standard InChI is InChI=1S/C16H16Cl3N/c1-3-11-6-4-5-10(2)16(11)20-9-12-13(17)7-8-14(18)15(12)19/h4-8,20H,3,9H2,1-2H3. The largest absolute Gasteiger partial charge is 0.380 e. The summed E-state index contributed by atoms with van der Waals surface area (Å²) in [6, 6.07) is 9.75. The third-order valence-electron chi connectivity index (χ3n) is 3.32. The van der Waals surface area contributed by atoms with Gasteiger partial charge in [0.2, 0.25) is 0 Å². The monoisotopic (exact) mass is 327 g/mol. The number of para-hydroxylation sites is 1. The zero-order valence-corrected chi connectivity index (χ0v) is 13.7. The van der Waals surface area contributed by atoms with Gasteiger partial charge in [0.05, 0.1) is 10.0 Å². The molecule has 0 bridgehead atoms. The van der Waals surface area contributed by atoms with Crippen LogP contribution in [0.5, 0.6) is 0 Å². The second-order valence-corrected chi connectivity index (χ2v) is 5.83. The van der Waals surface area contributed by atoms with E-state index in [1.165, 1.54) is 11.1 Å². The zero-order chi connectivity index (χ0) is 14.7. The van der Waals surface area contributed by atoms with Crippen LogP contribution in [0.4, 0.5) is 5.69 Å². The summed E-state index contributed by atoms with van der Waals surface area (Å²) in [5, 5.41) is 5.09. The molecule has 0 unspecified atom stereocenters. The Labute approximate surface area is 134 Å². The second-order valence-electron chi connectivity index (χ2n) is 4.64. The molecule has 0 radical (unpaired) electrons. The average molecular weight is 329 g/mol. The van der Waals surface area contributed by atoms with Gasteiger partial charge in [-0.25, -0.2) is 0 Å². The van der Waals surface area contributed by atoms with Crippen LogP contribution < -0.4 is 5.32 Å². The number of hydrogen-bond acceptors (Lipinski definition) is 1. The lowest BCUT2D eigenvalue weighted by Gasteiger charge is -2.16. The van der Waals surface area contributed by atoms with Gasteiger partial charge in [-0.3, -0.25) is 0 Å². The van der Waals surface area contributed by atoms with Crippen molar-refractivity contribution in [2.45, 2.75) is 26.8 Å². The average Bonchev–Trinajstić information content (AvgIpc) is 2.44. The molecule has 0 aliphatic rings. The molecule has 0 amide bonds. The lowest BCUT2D eigenvalue weighted by molar-refractivity contribution is 1.08. The molecule has 0 aliphatic heterocycles. The van der Waals surface area contributed by atoms with Crippen molar-refractivity contribution in [3.8, 4) is 0 Å². The highest BCUT2D eigenvalue weighted by molar-refractivity contribution is 6.44. The Balaban J connectivity index is 2.28. The van der Waals surface area contributed by atoms with Crippen LogP contribution in [-0.4, -0.2) is 0 Å². The number of aryl methyl sites for hydroxylation is 2. The van der Waals surface area contributed by atoms with Crippen molar-refractivity contribution < 1.29 is 0 Å². The van der Waals surface area contributed by atoms with Crippen molar-refractivity contribution in [2.24, 2.45) is 0 Å². The summed E-state index contributed by atoms with van der Waals surface area (Å²) in [7, 11) is 0. The highest BCUT2D eigenvalue weighted by atomic mass is 35.5. The first-order valence-electron chi connectivity index (χ1n) is 6.49. The van der Waals surface area contributed by atoms with Gasteiger partial charge in [0.1, 0.15) is 0 Å². The van der Waals surface area contributed by atoms with E-state index in [4.69, 9.17) is 34.8 Å². The molecule has 0 atom stereocenters. The number of rotatable bonds is 4. The van der Waals surface area contributed by atoms with E-state index in [2.05, 4.69) is 37.4 Å². The van der Waals surface area contributed by atoms with Crippen LogP contribution in [0, 0.1) is 6.92 Å². The van der Waals surface area contributed by atoms with Crippen molar-refractivity contribution in [2.75, 3.05) is 5.32 Å². The number of halogens is 3. The predicted molar refractivity (Wildman–Crippen MR) is 89.4 cm³/mol. The maximum atomic E-state index is 6.22. The van der Waals surface area contributed by atoms with Gasteiger partial charge >= 0.3 is 0 Å². The minimum atomic E-state index is 0.512. The van der Waals surface area contributed by atoms with Crippen molar-refractivity contribution in [1.29, 1.82) is 0 Å². The molecule has 0 saturated heterocycles. The Morgan fingerprint density at radius 2 is 1.70 bits per heavy atom. The summed E-state index contributed by atoms with van der Waals surface area (Å²) in [4.78, 5) is 0. The SMILES string of the molecule is CCc1cccc(C)c1NCc1c(Cl)ccc(Cl)c1Cl. The fourth-order valence-electron chi connectivity index (χ4n) is 2.18. The van der Waals surface area contributed by atoms with Gasteiger partial charge in [-0.15, -0.1) is 0 Å². The molecule has 1 nitrogen and oxygen atoms in total. The van der Waals surface area contributed by atoms with Crippen molar-refractivity contribution >= 4 is 40.5 Å². The number of anilines is 1. The van der Waals surface area contributed by atoms with Gasteiger partial charge < -0.3 is 5.32 Å². The molecule has 2 aromatic carbocycles. The number of hydrogen-bond donors (Lipinski definition) is 1. The molecule has 106 valence electrons. The molecule has 0 heterocycles. The Kier molecular flexibility index (Phi) is 5.20. The van der Waals surface area contributed by atoms with Crippen LogP contribution in [0.1, 0.15) is 23.6 Å². The Hall–Kier alpha value is -0.890. The van der Waals surface area contributed by atoms with Gasteiger partial charge in [0.25, 0.3) is 0 Å². The molecule has 2 rings (SSSR count). The second kappa shape index (κ2) is 6.71. The van der Waals surface area contributed by atoms with Crippen LogP contribution in [0.25, 0.3) is 0 Å². The number of benzene rings is 2. The van der Waals surface area contributed by atoms with Crippen LogP contribution in [0.3, 0.4) is 0 Å². The summed E-state index contributed by atoms with van der Waals surface area (Å²) >= 11 is 18.5. The summed E-state index contributed by atoms with van der Waals surface area (Å²) in [5.41, 5.74) is 4.45. The van der Waals surface area contributed by atoms with E-state index in [-0.39, 0.29) is 0 Å². The van der Waals surface area contributed by atoms with E-state index in [1.54, 1.807) is 12.1 Å². The Bertz CT molecular complexity index is 623. The smallest absolute Gasteiger partial charge is 0.0657 e. The third kappa shape index (κ3) is 3.22. The highest BCUT2D eigenvalue weighted by Gasteiger charge is 2.11. The van der Waals surface area contributed by atoms with Gasteiger partial charge in [-0.1, -0.05) is 59.9 Å². The van der Waals surface area contributed by atoms with Crippen LogP contribution >= 0.6 is 34.8 Å². The van der Waals surface area contributed by atoms with Crippen molar-refractivity contribution in [1.82, 2.24) is 0 Å². The van der Waals surface area contributed by atoms with Gasteiger partial charge in [0.15, 0.2) is 0 Å². The van der Waals surface area contributed by atoms with E-state index in [0.717, 1.165) is 17.7 Å². The maximum Gasteiger partial charge on any atom is 0.0657 e. The minimum Gasteiger partial charge on any atom is -0.380 e. The van der Waals surface area contributed by atoms with Crippen LogP contribution in [0.2, 0.25) is 15.1 Å². The summed E-state index contributed by atoms with van der Waals surface area (Å²) in [5.74, 6) is 0. The molecular weight excluding hydrogens is 313 g/mol. The Morgan fingerprint density at radius 1 is 1.00 bits per heavy atom. The fourth-order valence-corrected chi connectivity index (χ4v) is 2.87. The lowest BCUT2D eigenvalue weighted by atomic mass is 10.1. The van der Waals surface area contributed by atoms with E-state index in [1.807, 2.05) is 0 Å². The number of nitrogens with one attached hydrogen (secondary N) is 1. The molecule has 2 aromatic rings. The van der Waals surface area contributed by atoms with E-state index < -0.39 is 0 Å². The molecule has 1 N–H and O–H groups in total. The first-order valence-corrected chi connectivity index (χ1v) is 7.62. The molecule has 20 heavy (non-hydrogen) atoms. The first kappa shape index (κ1) is 15.5. The maximum absolute atomic E-state index is 6.22. The van der Waals surface area contributed by atoms with Gasteiger partial charge in [0, 0.05) is 22.8 Å². The normalized spacial score (nSPS) is 10.7. The van der Waals surface area contributed by atoms with Crippen LogP contribution in [0.15, 0.2) is 30.3 Å². The van der Waals surface area contributed by atoms with E-state index in [9.17, 15) is 0 Å². The lowest BCUT2D eigenvalue weighted by Crippen LogP contribution is -2.05. The quantitative estimate of drug-likeness (QED) is 0.666.